The van der Waals surface area contributed by atoms with Crippen LogP contribution in [0.4, 0.5) is 0 Å². The van der Waals surface area contributed by atoms with E-state index in [4.69, 9.17) is 0 Å². The summed E-state index contributed by atoms with van der Waals surface area (Å²) in [4.78, 5) is 35.6. The van der Waals surface area contributed by atoms with E-state index in [2.05, 4.69) is 15.3 Å². The molecule has 28 heavy (non-hydrogen) atoms. The first-order valence-electron chi connectivity index (χ1n) is 9.94. The minimum Gasteiger partial charge on any atom is -0.356 e. The monoisotopic (exact) mass is 399 g/mol. The summed E-state index contributed by atoms with van der Waals surface area (Å²) in [5.74, 6) is -0.0259. The Morgan fingerprint density at radius 3 is 2.93 bits per heavy atom. The Labute approximate surface area is 167 Å². The van der Waals surface area contributed by atoms with E-state index < -0.39 is 0 Å². The van der Waals surface area contributed by atoms with Crippen LogP contribution in [0, 0.1) is 0 Å². The molecule has 0 radical (unpaired) electrons. The van der Waals surface area contributed by atoms with Gasteiger partial charge >= 0.3 is 0 Å². The van der Waals surface area contributed by atoms with Crippen molar-refractivity contribution in [3.63, 3.8) is 0 Å². The van der Waals surface area contributed by atoms with E-state index >= 15 is 0 Å². The van der Waals surface area contributed by atoms with Crippen molar-refractivity contribution in [3.05, 3.63) is 45.8 Å². The third kappa shape index (κ3) is 4.16. The number of hydrogen-bond donors (Lipinski definition) is 1. The average Bonchev–Trinajstić information content (AvgIpc) is 3.34. The predicted molar refractivity (Wildman–Crippen MR) is 110 cm³/mol. The summed E-state index contributed by atoms with van der Waals surface area (Å²) in [5, 5.41) is 3.72. The summed E-state index contributed by atoms with van der Waals surface area (Å²) < 4.78 is 3.61. The molecular formula is C20H25N5O2S. The van der Waals surface area contributed by atoms with E-state index in [1.54, 1.807) is 34.8 Å². The molecule has 1 aliphatic carbocycles. The van der Waals surface area contributed by atoms with Crippen LogP contribution in [-0.2, 0) is 30.7 Å². The van der Waals surface area contributed by atoms with E-state index in [1.807, 2.05) is 10.8 Å². The van der Waals surface area contributed by atoms with Crippen molar-refractivity contribution in [2.75, 3.05) is 6.54 Å². The van der Waals surface area contributed by atoms with Gasteiger partial charge in [-0.15, -0.1) is 11.3 Å². The predicted octanol–water partition coefficient (Wildman–Crippen LogP) is 2.52. The SMILES string of the molecule is O=C(CCn1cnc2sc3c(c2c1=O)CCCC3)NCCCCn1ccnc1. The van der Waals surface area contributed by atoms with Crippen molar-refractivity contribution in [2.24, 2.45) is 0 Å². The minimum absolute atomic E-state index is 0.00229. The Morgan fingerprint density at radius 1 is 1.18 bits per heavy atom. The van der Waals surface area contributed by atoms with Crippen LogP contribution in [0.3, 0.4) is 0 Å². The smallest absolute Gasteiger partial charge is 0.262 e. The highest BCUT2D eigenvalue weighted by atomic mass is 32.1. The molecule has 148 valence electrons. The molecule has 3 heterocycles. The number of nitrogens with one attached hydrogen (secondary N) is 1. The van der Waals surface area contributed by atoms with E-state index in [1.165, 1.54) is 16.9 Å². The van der Waals surface area contributed by atoms with Gasteiger partial charge in [0.05, 0.1) is 18.0 Å². The van der Waals surface area contributed by atoms with Crippen molar-refractivity contribution >= 4 is 27.5 Å². The number of imidazole rings is 1. The Balaban J connectivity index is 1.28. The van der Waals surface area contributed by atoms with Crippen molar-refractivity contribution in [3.8, 4) is 0 Å². The fraction of sp³-hybridized carbons (Fsp3) is 0.500. The summed E-state index contributed by atoms with van der Waals surface area (Å²) in [7, 11) is 0. The molecular weight excluding hydrogens is 374 g/mol. The molecule has 0 bridgehead atoms. The number of unbranched alkanes of at least 4 members (excludes halogenated alkanes) is 1. The van der Waals surface area contributed by atoms with Gasteiger partial charge in [-0.2, -0.15) is 0 Å². The van der Waals surface area contributed by atoms with Gasteiger partial charge in [-0.25, -0.2) is 9.97 Å². The van der Waals surface area contributed by atoms with Gasteiger partial charge in [0, 0.05) is 43.3 Å². The zero-order valence-electron chi connectivity index (χ0n) is 15.9. The molecule has 3 aromatic rings. The zero-order valence-corrected chi connectivity index (χ0v) is 16.7. The molecule has 1 amide bonds. The van der Waals surface area contributed by atoms with Crippen LogP contribution >= 0.6 is 11.3 Å². The molecule has 8 heteroatoms. The van der Waals surface area contributed by atoms with E-state index in [9.17, 15) is 9.59 Å². The topological polar surface area (TPSA) is 81.8 Å². The molecule has 0 saturated heterocycles. The Hall–Kier alpha value is -2.48. The normalized spacial score (nSPS) is 13.6. The van der Waals surface area contributed by atoms with Gasteiger partial charge in [0.1, 0.15) is 4.83 Å². The van der Waals surface area contributed by atoms with Crippen molar-refractivity contribution in [2.45, 2.75) is 58.0 Å². The van der Waals surface area contributed by atoms with Crippen molar-refractivity contribution < 1.29 is 4.79 Å². The maximum atomic E-state index is 12.9. The number of carbonyl (C=O) groups excluding carboxylic acids is 1. The van der Waals surface area contributed by atoms with Gasteiger partial charge < -0.3 is 9.88 Å². The number of fused-ring (bicyclic) bond motifs is 3. The lowest BCUT2D eigenvalue weighted by Crippen LogP contribution is -2.28. The number of rotatable bonds is 8. The second kappa shape index (κ2) is 8.68. The number of aromatic nitrogens is 4. The lowest BCUT2D eigenvalue weighted by molar-refractivity contribution is -0.121. The van der Waals surface area contributed by atoms with Crippen LogP contribution in [0.1, 0.15) is 42.5 Å². The molecule has 7 nitrogen and oxygen atoms in total. The van der Waals surface area contributed by atoms with Crippen LogP contribution in [0.15, 0.2) is 29.8 Å². The van der Waals surface area contributed by atoms with Gasteiger partial charge in [0.2, 0.25) is 5.91 Å². The molecule has 1 aliphatic rings. The molecule has 0 saturated carbocycles. The fourth-order valence-corrected chi connectivity index (χ4v) is 4.94. The first kappa shape index (κ1) is 18.9. The number of nitrogens with zero attached hydrogens (tertiary/aromatic N) is 4. The van der Waals surface area contributed by atoms with Crippen molar-refractivity contribution in [1.82, 2.24) is 24.4 Å². The molecule has 0 aliphatic heterocycles. The van der Waals surface area contributed by atoms with E-state index in [0.717, 1.165) is 48.9 Å². The van der Waals surface area contributed by atoms with Gasteiger partial charge in [-0.05, 0) is 44.1 Å². The van der Waals surface area contributed by atoms with Crippen LogP contribution in [-0.4, -0.2) is 31.6 Å². The second-order valence-electron chi connectivity index (χ2n) is 7.24. The summed E-state index contributed by atoms with van der Waals surface area (Å²) in [6.45, 7) is 1.92. The quantitative estimate of drug-likeness (QED) is 0.590. The largest absolute Gasteiger partial charge is 0.356 e. The highest BCUT2D eigenvalue weighted by Gasteiger charge is 2.20. The average molecular weight is 400 g/mol. The Bertz CT molecular complexity index is 1010. The first-order valence-corrected chi connectivity index (χ1v) is 10.8. The van der Waals surface area contributed by atoms with Crippen LogP contribution in [0.5, 0.6) is 0 Å². The highest BCUT2D eigenvalue weighted by molar-refractivity contribution is 7.18. The Kier molecular flexibility index (Phi) is 5.85. The molecule has 4 rings (SSSR count). The standard InChI is InChI=1S/C20H25N5O2S/c26-17(22-8-3-4-10-24-12-9-21-13-24)7-11-25-14-23-19-18(20(25)27)15-5-1-2-6-16(15)28-19/h9,12-14H,1-8,10-11H2,(H,22,26). The Morgan fingerprint density at radius 2 is 2.07 bits per heavy atom. The van der Waals surface area contributed by atoms with Crippen LogP contribution in [0.2, 0.25) is 0 Å². The third-order valence-electron chi connectivity index (χ3n) is 5.25. The molecule has 3 aromatic heterocycles. The fourth-order valence-electron chi connectivity index (χ4n) is 3.72. The number of amides is 1. The van der Waals surface area contributed by atoms with Crippen molar-refractivity contribution in [1.29, 1.82) is 0 Å². The molecule has 0 spiro atoms. The zero-order chi connectivity index (χ0) is 19.3. The number of thiophene rings is 1. The second-order valence-corrected chi connectivity index (χ2v) is 8.33. The molecule has 0 fully saturated rings. The lowest BCUT2D eigenvalue weighted by Gasteiger charge is -2.10. The number of hydrogen-bond acceptors (Lipinski definition) is 5. The van der Waals surface area contributed by atoms with E-state index in [-0.39, 0.29) is 11.5 Å². The van der Waals surface area contributed by atoms with E-state index in [0.29, 0.717) is 19.5 Å². The first-order chi connectivity index (χ1) is 13.7. The molecule has 0 atom stereocenters. The number of carbonyl (C=O) groups is 1. The maximum absolute atomic E-state index is 12.9. The van der Waals surface area contributed by atoms with Gasteiger partial charge in [0.15, 0.2) is 0 Å². The van der Waals surface area contributed by atoms with Crippen LogP contribution < -0.4 is 10.9 Å². The van der Waals surface area contributed by atoms with Crippen LogP contribution in [0.25, 0.3) is 10.2 Å². The maximum Gasteiger partial charge on any atom is 0.262 e. The molecule has 1 N–H and O–H groups in total. The number of aryl methyl sites for hydroxylation is 4. The minimum atomic E-state index is -0.0259. The summed E-state index contributed by atoms with van der Waals surface area (Å²) in [6, 6.07) is 0. The molecule has 0 aromatic carbocycles. The lowest BCUT2D eigenvalue weighted by atomic mass is 9.97. The third-order valence-corrected chi connectivity index (χ3v) is 6.45. The van der Waals surface area contributed by atoms with Gasteiger partial charge in [-0.1, -0.05) is 0 Å². The molecule has 0 unspecified atom stereocenters. The highest BCUT2D eigenvalue weighted by Crippen LogP contribution is 2.33. The summed E-state index contributed by atoms with van der Waals surface area (Å²) in [5.41, 5.74) is 1.19. The summed E-state index contributed by atoms with van der Waals surface area (Å²) >= 11 is 1.65. The van der Waals surface area contributed by atoms with Gasteiger partial charge in [0.25, 0.3) is 5.56 Å². The summed E-state index contributed by atoms with van der Waals surface area (Å²) in [6.07, 6.45) is 13.6. The van der Waals surface area contributed by atoms with Gasteiger partial charge in [-0.3, -0.25) is 14.2 Å².